The molecular weight excluding hydrogens is 290 g/mol. The number of furan rings is 1. The Morgan fingerprint density at radius 3 is 2.60 bits per heavy atom. The lowest BCUT2D eigenvalue weighted by atomic mass is 10.0. The van der Waals surface area contributed by atoms with Crippen LogP contribution in [-0.2, 0) is 6.42 Å². The van der Waals surface area contributed by atoms with Crippen molar-refractivity contribution in [2.45, 2.75) is 32.6 Å². The smallest absolute Gasteiger partial charge is 0.106 e. The molecule has 0 N–H and O–H groups in total. The van der Waals surface area contributed by atoms with Gasteiger partial charge in [0.2, 0.25) is 0 Å². The zero-order chi connectivity index (χ0) is 14.3. The maximum atomic E-state index is 6.60. The van der Waals surface area contributed by atoms with Gasteiger partial charge in [-0.15, -0.1) is 22.9 Å². The van der Waals surface area contributed by atoms with Crippen LogP contribution in [0.15, 0.2) is 28.7 Å². The van der Waals surface area contributed by atoms with E-state index in [-0.39, 0.29) is 5.38 Å². The van der Waals surface area contributed by atoms with Gasteiger partial charge in [-0.2, -0.15) is 0 Å². The van der Waals surface area contributed by atoms with E-state index in [0.29, 0.717) is 0 Å². The summed E-state index contributed by atoms with van der Waals surface area (Å²) < 4.78 is 6.87. The van der Waals surface area contributed by atoms with Gasteiger partial charge in [-0.25, -0.2) is 4.98 Å². The summed E-state index contributed by atoms with van der Waals surface area (Å²) >= 11 is 8.31. The van der Waals surface area contributed by atoms with Crippen molar-refractivity contribution in [3.63, 3.8) is 0 Å². The standard InChI is InChI=1S/C16H16ClNOS/c1-9-10(2)19-11(3)16(9)12(17)8-15-18-13-6-4-5-7-14(13)20-15/h4-7,12H,8H2,1-3H3. The molecule has 0 aliphatic rings. The van der Waals surface area contributed by atoms with Crippen LogP contribution < -0.4 is 0 Å². The highest BCUT2D eigenvalue weighted by atomic mass is 35.5. The van der Waals surface area contributed by atoms with Gasteiger partial charge < -0.3 is 4.42 Å². The number of fused-ring (bicyclic) bond motifs is 1. The molecular formula is C16H16ClNOS. The quantitative estimate of drug-likeness (QED) is 0.611. The molecule has 0 fully saturated rings. The van der Waals surface area contributed by atoms with Gasteiger partial charge in [-0.3, -0.25) is 0 Å². The molecule has 0 amide bonds. The summed E-state index contributed by atoms with van der Waals surface area (Å²) in [5, 5.41) is 0.983. The predicted molar refractivity (Wildman–Crippen MR) is 84.8 cm³/mol. The van der Waals surface area contributed by atoms with Crippen LogP contribution in [0, 0.1) is 20.8 Å². The van der Waals surface area contributed by atoms with Crippen molar-refractivity contribution in [1.82, 2.24) is 4.98 Å². The Balaban J connectivity index is 1.90. The Morgan fingerprint density at radius 2 is 1.95 bits per heavy atom. The summed E-state index contributed by atoms with van der Waals surface area (Å²) in [6.07, 6.45) is 0.738. The van der Waals surface area contributed by atoms with Crippen molar-refractivity contribution in [2.75, 3.05) is 0 Å². The zero-order valence-electron chi connectivity index (χ0n) is 11.7. The van der Waals surface area contributed by atoms with Crippen molar-refractivity contribution in [3.8, 4) is 0 Å². The largest absolute Gasteiger partial charge is 0.466 e. The molecule has 0 bridgehead atoms. The predicted octanol–water partition coefficient (Wildman–Crippen LogP) is 5.34. The van der Waals surface area contributed by atoms with Crippen molar-refractivity contribution < 1.29 is 4.42 Å². The van der Waals surface area contributed by atoms with Crippen LogP contribution in [0.1, 0.15) is 33.0 Å². The lowest BCUT2D eigenvalue weighted by molar-refractivity contribution is 0.499. The fourth-order valence-electron chi connectivity index (χ4n) is 2.53. The SMILES string of the molecule is Cc1oc(C)c(C(Cl)Cc2nc3ccccc3s2)c1C. The highest BCUT2D eigenvalue weighted by Crippen LogP contribution is 2.35. The van der Waals surface area contributed by atoms with E-state index < -0.39 is 0 Å². The molecule has 2 heterocycles. The third-order valence-corrected chi connectivity index (χ3v) is 5.05. The molecule has 104 valence electrons. The molecule has 3 aromatic rings. The van der Waals surface area contributed by atoms with Crippen molar-refractivity contribution in [3.05, 3.63) is 51.9 Å². The molecule has 4 heteroatoms. The van der Waals surface area contributed by atoms with Crippen LogP contribution in [0.2, 0.25) is 0 Å². The van der Waals surface area contributed by atoms with Crippen LogP contribution in [0.5, 0.6) is 0 Å². The second-order valence-corrected chi connectivity index (χ2v) is 6.64. The second kappa shape index (κ2) is 5.23. The van der Waals surface area contributed by atoms with Crippen molar-refractivity contribution in [1.29, 1.82) is 0 Å². The number of aromatic nitrogens is 1. The van der Waals surface area contributed by atoms with Crippen molar-refractivity contribution in [2.24, 2.45) is 0 Å². The van der Waals surface area contributed by atoms with Gasteiger partial charge in [0.1, 0.15) is 11.5 Å². The number of hydrogen-bond donors (Lipinski definition) is 0. The van der Waals surface area contributed by atoms with E-state index >= 15 is 0 Å². The minimum absolute atomic E-state index is 0.0898. The number of alkyl halides is 1. The first-order valence-electron chi connectivity index (χ1n) is 6.61. The summed E-state index contributed by atoms with van der Waals surface area (Å²) in [7, 11) is 0. The molecule has 2 aromatic heterocycles. The number of rotatable bonds is 3. The van der Waals surface area contributed by atoms with Crippen LogP contribution >= 0.6 is 22.9 Å². The lowest BCUT2D eigenvalue weighted by Gasteiger charge is -2.07. The fraction of sp³-hybridized carbons (Fsp3) is 0.312. The molecule has 0 spiro atoms. The van der Waals surface area contributed by atoms with E-state index in [1.165, 1.54) is 4.70 Å². The molecule has 2 nitrogen and oxygen atoms in total. The molecule has 1 aromatic carbocycles. The van der Waals surface area contributed by atoms with Gasteiger partial charge in [0, 0.05) is 12.0 Å². The Hall–Kier alpha value is -1.32. The minimum Gasteiger partial charge on any atom is -0.466 e. The second-order valence-electron chi connectivity index (χ2n) is 5.00. The first-order valence-corrected chi connectivity index (χ1v) is 7.86. The molecule has 0 aliphatic heterocycles. The number of benzene rings is 1. The average molecular weight is 306 g/mol. The molecule has 20 heavy (non-hydrogen) atoms. The molecule has 1 atom stereocenters. The summed E-state index contributed by atoms with van der Waals surface area (Å²) in [5.41, 5.74) is 3.32. The highest BCUT2D eigenvalue weighted by molar-refractivity contribution is 7.18. The molecule has 0 saturated heterocycles. The van der Waals surface area contributed by atoms with E-state index in [1.54, 1.807) is 11.3 Å². The van der Waals surface area contributed by atoms with Crippen LogP contribution in [-0.4, -0.2) is 4.98 Å². The maximum absolute atomic E-state index is 6.60. The monoisotopic (exact) mass is 305 g/mol. The number of nitrogens with zero attached hydrogens (tertiary/aromatic N) is 1. The third-order valence-electron chi connectivity index (χ3n) is 3.62. The van der Waals surface area contributed by atoms with Crippen molar-refractivity contribution >= 4 is 33.2 Å². The molecule has 0 radical (unpaired) electrons. The van der Waals surface area contributed by atoms with Gasteiger partial charge in [0.05, 0.1) is 20.6 Å². The van der Waals surface area contributed by atoms with E-state index in [9.17, 15) is 0 Å². The lowest BCUT2D eigenvalue weighted by Crippen LogP contribution is -1.98. The topological polar surface area (TPSA) is 26.0 Å². The summed E-state index contributed by atoms with van der Waals surface area (Å²) in [5.74, 6) is 1.87. The van der Waals surface area contributed by atoms with Crippen LogP contribution in [0.25, 0.3) is 10.2 Å². The van der Waals surface area contributed by atoms with E-state index in [2.05, 4.69) is 18.0 Å². The summed E-state index contributed by atoms with van der Waals surface area (Å²) in [6.45, 7) is 6.02. The molecule has 1 unspecified atom stereocenters. The Morgan fingerprint density at radius 1 is 1.20 bits per heavy atom. The minimum atomic E-state index is -0.0898. The van der Waals surface area contributed by atoms with Gasteiger partial charge >= 0.3 is 0 Å². The van der Waals surface area contributed by atoms with Gasteiger partial charge in [0.25, 0.3) is 0 Å². The molecule has 0 saturated carbocycles. The Bertz CT molecular complexity index is 726. The van der Waals surface area contributed by atoms with E-state index in [4.69, 9.17) is 16.0 Å². The first kappa shape index (κ1) is 13.7. The number of aryl methyl sites for hydroxylation is 2. The van der Waals surface area contributed by atoms with Gasteiger partial charge in [0.15, 0.2) is 0 Å². The third kappa shape index (κ3) is 2.36. The Labute approximate surface area is 127 Å². The summed E-state index contributed by atoms with van der Waals surface area (Å²) in [6, 6.07) is 8.18. The molecule has 0 aliphatic carbocycles. The van der Waals surface area contributed by atoms with Crippen LogP contribution in [0.3, 0.4) is 0 Å². The van der Waals surface area contributed by atoms with Crippen LogP contribution in [0.4, 0.5) is 0 Å². The fourth-order valence-corrected chi connectivity index (χ4v) is 4.10. The number of hydrogen-bond acceptors (Lipinski definition) is 3. The maximum Gasteiger partial charge on any atom is 0.106 e. The number of para-hydroxylation sites is 1. The van der Waals surface area contributed by atoms with E-state index in [0.717, 1.165) is 39.6 Å². The average Bonchev–Trinajstić information content (AvgIpc) is 2.90. The Kier molecular flexibility index (Phi) is 3.57. The molecule has 3 rings (SSSR count). The zero-order valence-corrected chi connectivity index (χ0v) is 13.3. The normalized spacial score (nSPS) is 13.0. The highest BCUT2D eigenvalue weighted by Gasteiger charge is 2.20. The first-order chi connectivity index (χ1) is 9.56. The number of halogens is 1. The van der Waals surface area contributed by atoms with Gasteiger partial charge in [-0.1, -0.05) is 12.1 Å². The van der Waals surface area contributed by atoms with E-state index in [1.807, 2.05) is 32.0 Å². The summed E-state index contributed by atoms with van der Waals surface area (Å²) in [4.78, 5) is 4.65. The number of thiazole rings is 1. The van der Waals surface area contributed by atoms with Gasteiger partial charge in [-0.05, 0) is 38.5 Å².